The molecule has 1 aliphatic carbocycles. The second-order valence-electron chi connectivity index (χ2n) is 8.50. The predicted molar refractivity (Wildman–Crippen MR) is 101 cm³/mol. The number of amides is 1. The van der Waals surface area contributed by atoms with Gasteiger partial charge in [-0.25, -0.2) is 0 Å². The maximum Gasteiger partial charge on any atom is 0.227 e. The molecule has 1 amide bonds. The van der Waals surface area contributed by atoms with E-state index in [1.165, 1.54) is 32.1 Å². The van der Waals surface area contributed by atoms with Gasteiger partial charge >= 0.3 is 0 Å². The van der Waals surface area contributed by atoms with E-state index in [4.69, 9.17) is 4.74 Å². The Morgan fingerprint density at radius 2 is 1.80 bits per heavy atom. The van der Waals surface area contributed by atoms with Gasteiger partial charge in [-0.15, -0.1) is 0 Å². The first kappa shape index (κ1) is 19.1. The van der Waals surface area contributed by atoms with Crippen molar-refractivity contribution in [3.8, 4) is 0 Å². The van der Waals surface area contributed by atoms with E-state index < -0.39 is 0 Å². The molecule has 5 heteroatoms. The van der Waals surface area contributed by atoms with Gasteiger partial charge in [0.2, 0.25) is 5.91 Å². The molecule has 2 aliphatic heterocycles. The molecule has 0 spiro atoms. The van der Waals surface area contributed by atoms with Gasteiger partial charge in [-0.1, -0.05) is 19.3 Å². The summed E-state index contributed by atoms with van der Waals surface area (Å²) in [6, 6.07) is 1.49. The quantitative estimate of drug-likeness (QED) is 0.761. The van der Waals surface area contributed by atoms with Gasteiger partial charge in [-0.2, -0.15) is 0 Å². The summed E-state index contributed by atoms with van der Waals surface area (Å²) in [4.78, 5) is 20.4. The molecule has 0 aromatic heterocycles. The second-order valence-corrected chi connectivity index (χ2v) is 8.50. The highest BCUT2D eigenvalue weighted by molar-refractivity contribution is 5.80. The highest BCUT2D eigenvalue weighted by Gasteiger charge is 2.38. The van der Waals surface area contributed by atoms with Gasteiger partial charge < -0.3 is 14.5 Å². The number of carbonyl (C=O) groups excluding carboxylic acids is 1. The summed E-state index contributed by atoms with van der Waals surface area (Å²) in [7, 11) is 1.76. The van der Waals surface area contributed by atoms with Gasteiger partial charge in [0.05, 0.1) is 18.6 Å². The molecule has 3 rings (SSSR count). The molecule has 1 saturated carbocycles. The summed E-state index contributed by atoms with van der Waals surface area (Å²) in [6.07, 6.45) is 7.81. The van der Waals surface area contributed by atoms with E-state index in [1.54, 1.807) is 7.11 Å². The molecule has 0 N–H and O–H groups in total. The lowest BCUT2D eigenvalue weighted by molar-refractivity contribution is -0.142. The molecule has 5 nitrogen and oxygen atoms in total. The van der Waals surface area contributed by atoms with Crippen LogP contribution in [-0.4, -0.2) is 85.2 Å². The SMILES string of the molecule is COC[C@H]1CN(C2CCCCC2)CCN1C(=O)[C@@H]1CCN(C(C)C)C1. The van der Waals surface area contributed by atoms with Crippen molar-refractivity contribution in [2.24, 2.45) is 5.92 Å². The van der Waals surface area contributed by atoms with E-state index in [9.17, 15) is 4.79 Å². The Morgan fingerprint density at radius 3 is 2.44 bits per heavy atom. The first-order valence-corrected chi connectivity index (χ1v) is 10.4. The van der Waals surface area contributed by atoms with Gasteiger partial charge in [0.15, 0.2) is 0 Å². The lowest BCUT2D eigenvalue weighted by Crippen LogP contribution is -2.60. The molecule has 0 unspecified atom stereocenters. The van der Waals surface area contributed by atoms with Gasteiger partial charge in [-0.3, -0.25) is 9.69 Å². The third-order valence-electron chi connectivity index (χ3n) is 6.55. The van der Waals surface area contributed by atoms with Crippen LogP contribution in [0.3, 0.4) is 0 Å². The van der Waals surface area contributed by atoms with Crippen LogP contribution in [0.1, 0.15) is 52.4 Å². The fourth-order valence-electron chi connectivity index (χ4n) is 4.97. The number of nitrogens with zero attached hydrogens (tertiary/aromatic N) is 3. The van der Waals surface area contributed by atoms with Crippen LogP contribution in [0.15, 0.2) is 0 Å². The smallest absolute Gasteiger partial charge is 0.227 e. The number of carbonyl (C=O) groups is 1. The highest BCUT2D eigenvalue weighted by atomic mass is 16.5. The Hall–Kier alpha value is -0.650. The van der Waals surface area contributed by atoms with Crippen LogP contribution in [0, 0.1) is 5.92 Å². The number of ether oxygens (including phenoxy) is 1. The van der Waals surface area contributed by atoms with Crippen molar-refractivity contribution in [3.05, 3.63) is 0 Å². The lowest BCUT2D eigenvalue weighted by Gasteiger charge is -2.46. The molecule has 2 atom stereocenters. The van der Waals surface area contributed by atoms with Gasteiger partial charge in [0.25, 0.3) is 0 Å². The van der Waals surface area contributed by atoms with Crippen LogP contribution >= 0.6 is 0 Å². The van der Waals surface area contributed by atoms with Gasteiger partial charge in [0.1, 0.15) is 0 Å². The average molecular weight is 352 g/mol. The minimum absolute atomic E-state index is 0.183. The Morgan fingerprint density at radius 1 is 1.04 bits per heavy atom. The fourth-order valence-corrected chi connectivity index (χ4v) is 4.97. The van der Waals surface area contributed by atoms with Crippen LogP contribution in [0.5, 0.6) is 0 Å². The maximum absolute atomic E-state index is 13.2. The maximum atomic E-state index is 13.2. The van der Waals surface area contributed by atoms with E-state index in [1.807, 2.05) is 0 Å². The van der Waals surface area contributed by atoms with Crippen LogP contribution in [0.4, 0.5) is 0 Å². The summed E-state index contributed by atoms with van der Waals surface area (Å²) in [5.74, 6) is 0.552. The van der Waals surface area contributed by atoms with E-state index in [0.717, 1.165) is 45.2 Å². The topological polar surface area (TPSA) is 36.0 Å². The Labute approximate surface area is 153 Å². The zero-order valence-corrected chi connectivity index (χ0v) is 16.5. The predicted octanol–water partition coefficient (Wildman–Crippen LogP) is 2.21. The number of hydrogen-bond acceptors (Lipinski definition) is 4. The van der Waals surface area contributed by atoms with E-state index >= 15 is 0 Å². The molecular formula is C20H37N3O2. The number of hydrogen-bond donors (Lipinski definition) is 0. The minimum Gasteiger partial charge on any atom is -0.382 e. The highest BCUT2D eigenvalue weighted by Crippen LogP contribution is 2.27. The molecule has 2 heterocycles. The van der Waals surface area contributed by atoms with Crippen molar-refractivity contribution in [3.63, 3.8) is 0 Å². The minimum atomic E-state index is 0.183. The van der Waals surface area contributed by atoms with Gasteiger partial charge in [0, 0.05) is 45.4 Å². The summed E-state index contributed by atoms with van der Waals surface area (Å²) in [5.41, 5.74) is 0. The summed E-state index contributed by atoms with van der Waals surface area (Å²) < 4.78 is 5.49. The first-order chi connectivity index (χ1) is 12.1. The number of methoxy groups -OCH3 is 1. The zero-order valence-electron chi connectivity index (χ0n) is 16.5. The number of rotatable bonds is 5. The van der Waals surface area contributed by atoms with E-state index in [0.29, 0.717) is 18.6 Å². The molecular weight excluding hydrogens is 314 g/mol. The number of likely N-dealkylation sites (tertiary alicyclic amines) is 1. The molecule has 2 saturated heterocycles. The van der Waals surface area contributed by atoms with E-state index in [2.05, 4.69) is 28.5 Å². The first-order valence-electron chi connectivity index (χ1n) is 10.4. The van der Waals surface area contributed by atoms with Crippen molar-refractivity contribution >= 4 is 5.91 Å². The normalized spacial score (nSPS) is 30.3. The summed E-state index contributed by atoms with van der Waals surface area (Å²) in [6.45, 7) is 10.0. The molecule has 0 aromatic carbocycles. The van der Waals surface area contributed by atoms with Crippen LogP contribution in [0.25, 0.3) is 0 Å². The Kier molecular flexibility index (Phi) is 6.75. The monoisotopic (exact) mass is 351 g/mol. The van der Waals surface area contributed by atoms with Gasteiger partial charge in [-0.05, 0) is 39.7 Å². The van der Waals surface area contributed by atoms with Crippen LogP contribution < -0.4 is 0 Å². The molecule has 3 aliphatic rings. The Balaban J connectivity index is 1.60. The molecule has 0 aromatic rings. The third kappa shape index (κ3) is 4.55. The molecule has 3 fully saturated rings. The molecule has 144 valence electrons. The van der Waals surface area contributed by atoms with Crippen molar-refractivity contribution in [2.45, 2.75) is 70.5 Å². The van der Waals surface area contributed by atoms with E-state index in [-0.39, 0.29) is 12.0 Å². The van der Waals surface area contributed by atoms with Crippen LogP contribution in [0.2, 0.25) is 0 Å². The summed E-state index contributed by atoms with van der Waals surface area (Å²) in [5, 5.41) is 0. The van der Waals surface area contributed by atoms with Crippen LogP contribution in [-0.2, 0) is 9.53 Å². The third-order valence-corrected chi connectivity index (χ3v) is 6.55. The largest absolute Gasteiger partial charge is 0.382 e. The molecule has 0 bridgehead atoms. The van der Waals surface area contributed by atoms with Crippen molar-refractivity contribution in [1.29, 1.82) is 0 Å². The fraction of sp³-hybridized carbons (Fsp3) is 0.950. The molecule has 25 heavy (non-hydrogen) atoms. The van der Waals surface area contributed by atoms with Crippen molar-refractivity contribution in [1.82, 2.24) is 14.7 Å². The molecule has 0 radical (unpaired) electrons. The van der Waals surface area contributed by atoms with Crippen molar-refractivity contribution in [2.75, 3.05) is 46.4 Å². The average Bonchev–Trinajstić information content (AvgIpc) is 3.13. The zero-order chi connectivity index (χ0) is 17.8. The Bertz CT molecular complexity index is 437. The number of piperazine rings is 1. The lowest BCUT2D eigenvalue weighted by atomic mass is 9.93. The second kappa shape index (κ2) is 8.83. The van der Waals surface area contributed by atoms with Crippen molar-refractivity contribution < 1.29 is 9.53 Å². The standard InChI is InChI=1S/C20H37N3O2/c1-16(2)21-10-9-17(13-21)20(24)23-12-11-22(14-19(23)15-25-3)18-7-5-4-6-8-18/h16-19H,4-15H2,1-3H3/t17-,19-/m1/s1. The summed E-state index contributed by atoms with van der Waals surface area (Å²) >= 11 is 0.